The summed E-state index contributed by atoms with van der Waals surface area (Å²) in [6, 6.07) is 5.34. The SMILES string of the molecule is CC(C)C(=O)N1CCN(S(=O)(=O)c2ccccc2F)CC1. The van der Waals surface area contributed by atoms with E-state index in [0.717, 1.165) is 6.07 Å². The van der Waals surface area contributed by atoms with E-state index in [1.54, 1.807) is 4.90 Å². The van der Waals surface area contributed by atoms with Gasteiger partial charge in [-0.25, -0.2) is 12.8 Å². The van der Waals surface area contributed by atoms with Crippen molar-refractivity contribution in [2.75, 3.05) is 26.2 Å². The lowest BCUT2D eigenvalue weighted by Crippen LogP contribution is -2.51. The normalized spacial score (nSPS) is 17.2. The highest BCUT2D eigenvalue weighted by Gasteiger charge is 2.32. The molecule has 1 heterocycles. The zero-order valence-corrected chi connectivity index (χ0v) is 12.9. The molecule has 1 amide bonds. The molecule has 0 N–H and O–H groups in total. The van der Waals surface area contributed by atoms with E-state index in [1.807, 2.05) is 13.8 Å². The number of hydrogen-bond donors (Lipinski definition) is 0. The molecule has 0 radical (unpaired) electrons. The van der Waals surface area contributed by atoms with Crippen LogP contribution in [0.15, 0.2) is 29.2 Å². The first-order valence-electron chi connectivity index (χ1n) is 6.87. The van der Waals surface area contributed by atoms with Crippen LogP contribution in [-0.2, 0) is 14.8 Å². The molecule has 1 saturated heterocycles. The average molecular weight is 314 g/mol. The van der Waals surface area contributed by atoms with Gasteiger partial charge in [0.2, 0.25) is 15.9 Å². The van der Waals surface area contributed by atoms with E-state index >= 15 is 0 Å². The number of sulfonamides is 1. The maximum absolute atomic E-state index is 13.7. The van der Waals surface area contributed by atoms with Crippen LogP contribution in [0, 0.1) is 11.7 Å². The minimum Gasteiger partial charge on any atom is -0.340 e. The third-order valence-electron chi connectivity index (χ3n) is 3.50. The molecule has 7 heteroatoms. The van der Waals surface area contributed by atoms with Crippen molar-refractivity contribution in [3.8, 4) is 0 Å². The van der Waals surface area contributed by atoms with E-state index in [-0.39, 0.29) is 29.8 Å². The van der Waals surface area contributed by atoms with Crippen LogP contribution in [0.4, 0.5) is 4.39 Å². The van der Waals surface area contributed by atoms with Gasteiger partial charge >= 0.3 is 0 Å². The second-order valence-electron chi connectivity index (χ2n) is 5.31. The van der Waals surface area contributed by atoms with Crippen LogP contribution in [0.2, 0.25) is 0 Å². The monoisotopic (exact) mass is 314 g/mol. The Morgan fingerprint density at radius 1 is 1.14 bits per heavy atom. The summed E-state index contributed by atoms with van der Waals surface area (Å²) in [7, 11) is -3.84. The highest BCUT2D eigenvalue weighted by Crippen LogP contribution is 2.20. The summed E-state index contributed by atoms with van der Waals surface area (Å²) in [5, 5.41) is 0. The summed E-state index contributed by atoms with van der Waals surface area (Å²) in [5.74, 6) is -0.851. The Morgan fingerprint density at radius 3 is 2.24 bits per heavy atom. The predicted molar refractivity (Wildman–Crippen MR) is 76.6 cm³/mol. The van der Waals surface area contributed by atoms with Gasteiger partial charge in [0.05, 0.1) is 0 Å². The van der Waals surface area contributed by atoms with Crippen LogP contribution < -0.4 is 0 Å². The third-order valence-corrected chi connectivity index (χ3v) is 5.43. The number of hydrogen-bond acceptors (Lipinski definition) is 3. The van der Waals surface area contributed by atoms with E-state index in [1.165, 1.54) is 22.5 Å². The van der Waals surface area contributed by atoms with E-state index in [2.05, 4.69) is 0 Å². The Kier molecular flexibility index (Phi) is 4.63. The summed E-state index contributed by atoms with van der Waals surface area (Å²) in [6.07, 6.45) is 0. The summed E-state index contributed by atoms with van der Waals surface area (Å²) in [6.45, 7) is 4.68. The lowest BCUT2D eigenvalue weighted by molar-refractivity contribution is -0.135. The fraction of sp³-hybridized carbons (Fsp3) is 0.500. The van der Waals surface area contributed by atoms with Crippen molar-refractivity contribution in [2.24, 2.45) is 5.92 Å². The third kappa shape index (κ3) is 3.24. The van der Waals surface area contributed by atoms with Gasteiger partial charge in [0.25, 0.3) is 0 Å². The first kappa shape index (κ1) is 15.9. The number of carbonyl (C=O) groups is 1. The molecular formula is C14H19FN2O3S. The second kappa shape index (κ2) is 6.11. The van der Waals surface area contributed by atoms with Gasteiger partial charge in [0, 0.05) is 32.1 Å². The van der Waals surface area contributed by atoms with Crippen molar-refractivity contribution < 1.29 is 17.6 Å². The molecule has 0 spiro atoms. The standard InChI is InChI=1S/C14H19FN2O3S/c1-11(2)14(18)16-7-9-17(10-8-16)21(19,20)13-6-4-3-5-12(13)15/h3-6,11H,7-10H2,1-2H3. The molecule has 0 aliphatic carbocycles. The molecule has 1 fully saturated rings. The molecule has 0 atom stereocenters. The van der Waals surface area contributed by atoms with Crippen molar-refractivity contribution in [3.05, 3.63) is 30.1 Å². The predicted octanol–water partition coefficient (Wildman–Crippen LogP) is 1.31. The number of amides is 1. The quantitative estimate of drug-likeness (QED) is 0.845. The van der Waals surface area contributed by atoms with Gasteiger partial charge in [0.1, 0.15) is 10.7 Å². The van der Waals surface area contributed by atoms with Gasteiger partial charge in [-0.1, -0.05) is 26.0 Å². The number of rotatable bonds is 3. The largest absolute Gasteiger partial charge is 0.340 e. The molecule has 1 aliphatic rings. The highest BCUT2D eigenvalue weighted by atomic mass is 32.2. The zero-order chi connectivity index (χ0) is 15.6. The van der Waals surface area contributed by atoms with E-state index < -0.39 is 15.8 Å². The Labute approximate surface area is 124 Å². The Morgan fingerprint density at radius 2 is 1.71 bits per heavy atom. The van der Waals surface area contributed by atoms with Crippen LogP contribution in [0.3, 0.4) is 0 Å². The maximum atomic E-state index is 13.7. The minimum absolute atomic E-state index is 0.0120. The summed E-state index contributed by atoms with van der Waals surface area (Å²) in [4.78, 5) is 13.2. The van der Waals surface area contributed by atoms with Gasteiger partial charge in [-0.2, -0.15) is 4.31 Å². The first-order chi connectivity index (χ1) is 9.84. The fourth-order valence-electron chi connectivity index (χ4n) is 2.31. The molecular weight excluding hydrogens is 295 g/mol. The first-order valence-corrected chi connectivity index (χ1v) is 8.31. The molecule has 1 aromatic carbocycles. The molecule has 0 unspecified atom stereocenters. The number of halogens is 1. The van der Waals surface area contributed by atoms with Crippen LogP contribution in [0.1, 0.15) is 13.8 Å². The minimum atomic E-state index is -3.84. The van der Waals surface area contributed by atoms with Crippen LogP contribution in [0.5, 0.6) is 0 Å². The van der Waals surface area contributed by atoms with Gasteiger partial charge < -0.3 is 4.90 Å². The smallest absolute Gasteiger partial charge is 0.246 e. The molecule has 0 bridgehead atoms. The van der Waals surface area contributed by atoms with Crippen LogP contribution in [0.25, 0.3) is 0 Å². The lowest BCUT2D eigenvalue weighted by atomic mass is 10.2. The Bertz CT molecular complexity index is 623. The molecule has 1 aliphatic heterocycles. The molecule has 0 aromatic heterocycles. The average Bonchev–Trinajstić information content (AvgIpc) is 2.46. The molecule has 2 rings (SSSR count). The Hall–Kier alpha value is -1.47. The van der Waals surface area contributed by atoms with Crippen molar-refractivity contribution in [1.29, 1.82) is 0 Å². The highest BCUT2D eigenvalue weighted by molar-refractivity contribution is 7.89. The lowest BCUT2D eigenvalue weighted by Gasteiger charge is -2.34. The van der Waals surface area contributed by atoms with Gasteiger partial charge in [-0.3, -0.25) is 4.79 Å². The van der Waals surface area contributed by atoms with Crippen molar-refractivity contribution in [3.63, 3.8) is 0 Å². The molecule has 116 valence electrons. The number of piperazine rings is 1. The van der Waals surface area contributed by atoms with Crippen molar-refractivity contribution >= 4 is 15.9 Å². The van der Waals surface area contributed by atoms with Gasteiger partial charge in [-0.15, -0.1) is 0 Å². The van der Waals surface area contributed by atoms with E-state index in [4.69, 9.17) is 0 Å². The fourth-order valence-corrected chi connectivity index (χ4v) is 3.79. The van der Waals surface area contributed by atoms with Gasteiger partial charge in [-0.05, 0) is 12.1 Å². The molecule has 5 nitrogen and oxygen atoms in total. The summed E-state index contributed by atoms with van der Waals surface area (Å²) >= 11 is 0. The number of nitrogens with zero attached hydrogens (tertiary/aromatic N) is 2. The number of carbonyl (C=O) groups excluding carboxylic acids is 1. The van der Waals surface area contributed by atoms with Crippen LogP contribution in [-0.4, -0.2) is 49.7 Å². The van der Waals surface area contributed by atoms with Crippen molar-refractivity contribution in [1.82, 2.24) is 9.21 Å². The maximum Gasteiger partial charge on any atom is 0.246 e. The van der Waals surface area contributed by atoms with E-state index in [0.29, 0.717) is 13.1 Å². The summed E-state index contributed by atoms with van der Waals surface area (Å²) in [5.41, 5.74) is 0. The Balaban J connectivity index is 2.12. The molecule has 21 heavy (non-hydrogen) atoms. The summed E-state index contributed by atoms with van der Waals surface area (Å²) < 4.78 is 39.7. The zero-order valence-electron chi connectivity index (χ0n) is 12.1. The van der Waals surface area contributed by atoms with Crippen molar-refractivity contribution in [2.45, 2.75) is 18.7 Å². The molecule has 0 saturated carbocycles. The van der Waals surface area contributed by atoms with Gasteiger partial charge in [0.15, 0.2) is 0 Å². The van der Waals surface area contributed by atoms with Crippen LogP contribution >= 0.6 is 0 Å². The second-order valence-corrected chi connectivity index (χ2v) is 7.22. The number of benzene rings is 1. The van der Waals surface area contributed by atoms with E-state index in [9.17, 15) is 17.6 Å². The molecule has 1 aromatic rings. The topological polar surface area (TPSA) is 57.7 Å².